The summed E-state index contributed by atoms with van der Waals surface area (Å²) in [5.41, 5.74) is 2.75. The quantitative estimate of drug-likeness (QED) is 0.770. The van der Waals surface area contributed by atoms with Crippen LogP contribution in [-0.2, 0) is 6.54 Å². The van der Waals surface area contributed by atoms with Crippen LogP contribution in [-0.4, -0.2) is 14.8 Å². The van der Waals surface area contributed by atoms with Crippen molar-refractivity contribution in [1.29, 1.82) is 0 Å². The number of hydrogen-bond acceptors (Lipinski definition) is 4. The Morgan fingerprint density at radius 1 is 1.35 bits per heavy atom. The number of nitrogens with one attached hydrogen (secondary N) is 1. The molecule has 23 heavy (non-hydrogen) atoms. The Morgan fingerprint density at radius 2 is 2.17 bits per heavy atom. The molecule has 0 saturated carbocycles. The van der Waals surface area contributed by atoms with Crippen LogP contribution < -0.4 is 5.32 Å². The third kappa shape index (κ3) is 3.65. The average molecular weight is 330 g/mol. The highest BCUT2D eigenvalue weighted by molar-refractivity contribution is 7.11. The van der Waals surface area contributed by atoms with E-state index in [1.165, 1.54) is 17.0 Å². The van der Waals surface area contributed by atoms with Crippen molar-refractivity contribution in [1.82, 2.24) is 20.1 Å². The largest absolute Gasteiger partial charge is 0.304 e. The van der Waals surface area contributed by atoms with Crippen molar-refractivity contribution in [3.8, 4) is 5.69 Å². The van der Waals surface area contributed by atoms with Crippen LogP contribution in [0.1, 0.15) is 34.1 Å². The maximum absolute atomic E-state index is 13.3. The van der Waals surface area contributed by atoms with Gasteiger partial charge in [-0.05, 0) is 39.0 Å². The van der Waals surface area contributed by atoms with Gasteiger partial charge < -0.3 is 5.32 Å². The van der Waals surface area contributed by atoms with Gasteiger partial charge in [-0.15, -0.1) is 11.3 Å². The van der Waals surface area contributed by atoms with Gasteiger partial charge in [-0.2, -0.15) is 5.10 Å². The smallest absolute Gasteiger partial charge is 0.125 e. The van der Waals surface area contributed by atoms with E-state index in [0.717, 1.165) is 22.0 Å². The fourth-order valence-electron chi connectivity index (χ4n) is 2.34. The van der Waals surface area contributed by atoms with Crippen LogP contribution in [0.5, 0.6) is 0 Å². The van der Waals surface area contributed by atoms with Crippen molar-refractivity contribution in [2.75, 3.05) is 0 Å². The van der Waals surface area contributed by atoms with Gasteiger partial charge in [-0.25, -0.2) is 14.1 Å². The SMILES string of the molecule is Cc1cnc(C(C)NCc2cn(-c3cccc(F)c3)nc2C)s1. The molecule has 1 aromatic carbocycles. The molecular formula is C17H19FN4S. The number of aryl methyl sites for hydroxylation is 2. The summed E-state index contributed by atoms with van der Waals surface area (Å²) in [6.07, 6.45) is 3.84. The molecule has 3 rings (SSSR count). The first kappa shape index (κ1) is 15.8. The summed E-state index contributed by atoms with van der Waals surface area (Å²) in [5.74, 6) is -0.261. The van der Waals surface area contributed by atoms with Gasteiger partial charge in [0.05, 0.1) is 17.4 Å². The van der Waals surface area contributed by atoms with Gasteiger partial charge in [-0.3, -0.25) is 0 Å². The third-order valence-electron chi connectivity index (χ3n) is 3.68. The number of nitrogens with zero attached hydrogens (tertiary/aromatic N) is 3. The summed E-state index contributed by atoms with van der Waals surface area (Å²) >= 11 is 1.70. The molecule has 1 atom stereocenters. The van der Waals surface area contributed by atoms with E-state index in [9.17, 15) is 4.39 Å². The van der Waals surface area contributed by atoms with Gasteiger partial charge in [0.25, 0.3) is 0 Å². The number of rotatable bonds is 5. The Hall–Kier alpha value is -2.05. The van der Waals surface area contributed by atoms with E-state index in [0.29, 0.717) is 6.54 Å². The Morgan fingerprint density at radius 3 is 2.87 bits per heavy atom. The monoisotopic (exact) mass is 330 g/mol. The summed E-state index contributed by atoms with van der Waals surface area (Å²) in [6.45, 7) is 6.82. The lowest BCUT2D eigenvalue weighted by molar-refractivity contribution is 0.570. The first-order valence-corrected chi connectivity index (χ1v) is 8.31. The average Bonchev–Trinajstić information content (AvgIpc) is 3.11. The second kappa shape index (κ2) is 6.60. The lowest BCUT2D eigenvalue weighted by Gasteiger charge is -2.10. The lowest BCUT2D eigenvalue weighted by atomic mass is 10.2. The van der Waals surface area contributed by atoms with Crippen LogP contribution in [0.4, 0.5) is 4.39 Å². The van der Waals surface area contributed by atoms with E-state index in [1.54, 1.807) is 22.1 Å². The predicted octanol–water partition coefficient (Wildman–Crippen LogP) is 3.94. The molecule has 4 nitrogen and oxygen atoms in total. The molecule has 0 bridgehead atoms. The maximum Gasteiger partial charge on any atom is 0.125 e. The summed E-state index contributed by atoms with van der Waals surface area (Å²) in [6, 6.07) is 6.62. The van der Waals surface area contributed by atoms with E-state index in [2.05, 4.69) is 29.2 Å². The van der Waals surface area contributed by atoms with Gasteiger partial charge >= 0.3 is 0 Å². The molecule has 0 aliphatic carbocycles. The van der Waals surface area contributed by atoms with E-state index in [4.69, 9.17) is 0 Å². The predicted molar refractivity (Wildman–Crippen MR) is 90.4 cm³/mol. The molecule has 0 radical (unpaired) electrons. The van der Waals surface area contributed by atoms with Gasteiger partial charge in [0, 0.05) is 29.4 Å². The van der Waals surface area contributed by atoms with Gasteiger partial charge in [0.15, 0.2) is 0 Å². The second-order valence-electron chi connectivity index (χ2n) is 5.58. The minimum Gasteiger partial charge on any atom is -0.304 e. The molecule has 1 unspecified atom stereocenters. The molecule has 2 heterocycles. The summed E-state index contributed by atoms with van der Waals surface area (Å²) in [7, 11) is 0. The van der Waals surface area contributed by atoms with Crippen molar-refractivity contribution in [2.24, 2.45) is 0 Å². The Kier molecular flexibility index (Phi) is 4.54. The Balaban J connectivity index is 1.71. The van der Waals surface area contributed by atoms with E-state index < -0.39 is 0 Å². The number of halogens is 1. The Bertz CT molecular complexity index is 809. The van der Waals surface area contributed by atoms with Crippen LogP contribution in [0.15, 0.2) is 36.7 Å². The molecular weight excluding hydrogens is 311 g/mol. The number of benzene rings is 1. The summed E-state index contributed by atoms with van der Waals surface area (Å²) in [4.78, 5) is 5.62. The minimum atomic E-state index is -0.261. The number of thiazole rings is 1. The zero-order chi connectivity index (χ0) is 16.4. The van der Waals surface area contributed by atoms with Crippen molar-refractivity contribution in [3.63, 3.8) is 0 Å². The molecule has 0 aliphatic rings. The number of hydrogen-bond donors (Lipinski definition) is 1. The second-order valence-corrected chi connectivity index (χ2v) is 6.84. The van der Waals surface area contributed by atoms with Crippen molar-refractivity contribution in [3.05, 3.63) is 63.6 Å². The molecule has 0 fully saturated rings. The molecule has 1 N–H and O–H groups in total. The molecule has 0 aliphatic heterocycles. The maximum atomic E-state index is 13.3. The van der Waals surface area contributed by atoms with Crippen LogP contribution in [0.25, 0.3) is 5.69 Å². The Labute approximate surface area is 139 Å². The van der Waals surface area contributed by atoms with Crippen molar-refractivity contribution in [2.45, 2.75) is 33.4 Å². The highest BCUT2D eigenvalue weighted by atomic mass is 32.1. The fraction of sp³-hybridized carbons (Fsp3) is 0.294. The van der Waals surface area contributed by atoms with Crippen LogP contribution >= 0.6 is 11.3 Å². The fourth-order valence-corrected chi connectivity index (χ4v) is 3.14. The number of aromatic nitrogens is 3. The van der Waals surface area contributed by atoms with Gasteiger partial charge in [-0.1, -0.05) is 6.07 Å². The van der Waals surface area contributed by atoms with E-state index in [1.807, 2.05) is 25.4 Å². The zero-order valence-electron chi connectivity index (χ0n) is 13.4. The molecule has 2 aromatic heterocycles. The first-order valence-electron chi connectivity index (χ1n) is 7.49. The minimum absolute atomic E-state index is 0.186. The summed E-state index contributed by atoms with van der Waals surface area (Å²) in [5, 5.41) is 9.02. The molecule has 6 heteroatoms. The molecule has 0 spiro atoms. The highest BCUT2D eigenvalue weighted by Crippen LogP contribution is 2.20. The molecule has 0 amide bonds. The van der Waals surface area contributed by atoms with Crippen LogP contribution in [0.2, 0.25) is 0 Å². The first-order chi connectivity index (χ1) is 11.0. The third-order valence-corrected chi connectivity index (χ3v) is 4.78. The van der Waals surface area contributed by atoms with Crippen LogP contribution in [0.3, 0.4) is 0 Å². The van der Waals surface area contributed by atoms with Gasteiger partial charge in [0.2, 0.25) is 0 Å². The molecule has 120 valence electrons. The highest BCUT2D eigenvalue weighted by Gasteiger charge is 2.11. The van der Waals surface area contributed by atoms with Crippen LogP contribution in [0, 0.1) is 19.7 Å². The molecule has 3 aromatic rings. The standard InChI is InChI=1S/C17H19FN4S/c1-11-8-20-17(23-11)13(3)19-9-14-10-22(21-12(14)2)16-6-4-5-15(18)7-16/h4-8,10,13,19H,9H2,1-3H3. The lowest BCUT2D eigenvalue weighted by Crippen LogP contribution is -2.18. The van der Waals surface area contributed by atoms with Gasteiger partial charge in [0.1, 0.15) is 10.8 Å². The van der Waals surface area contributed by atoms with E-state index in [-0.39, 0.29) is 11.9 Å². The van der Waals surface area contributed by atoms with Crippen molar-refractivity contribution >= 4 is 11.3 Å². The van der Waals surface area contributed by atoms with Crippen molar-refractivity contribution < 1.29 is 4.39 Å². The summed E-state index contributed by atoms with van der Waals surface area (Å²) < 4.78 is 15.1. The zero-order valence-corrected chi connectivity index (χ0v) is 14.2. The normalized spacial score (nSPS) is 12.5. The van der Waals surface area contributed by atoms with E-state index >= 15 is 0 Å². The topological polar surface area (TPSA) is 42.7 Å². The molecule has 0 saturated heterocycles.